The van der Waals surface area contributed by atoms with Crippen LogP contribution in [0.3, 0.4) is 0 Å². The molecule has 0 amide bonds. The number of rotatable bonds is 5. The maximum absolute atomic E-state index is 12.1. The summed E-state index contributed by atoms with van der Waals surface area (Å²) >= 11 is 0. The average molecular weight is 274 g/mol. The summed E-state index contributed by atoms with van der Waals surface area (Å²) in [5.41, 5.74) is -0.0591. The molecule has 0 aliphatic carbocycles. The lowest BCUT2D eigenvalue weighted by Crippen LogP contribution is -2.35. The molecule has 0 aliphatic heterocycles. The van der Waals surface area contributed by atoms with E-state index in [-0.39, 0.29) is 5.56 Å². The number of carbonyl (C=O) groups is 2. The number of hydrogen-bond donors (Lipinski definition) is 2. The molecule has 0 saturated heterocycles. The molecule has 0 heterocycles. The highest BCUT2D eigenvalue weighted by Gasteiger charge is 2.42. The molecule has 0 spiro atoms. The zero-order valence-corrected chi connectivity index (χ0v) is 9.59. The molecular weight excluding hydrogens is 264 g/mol. The third-order valence-corrected chi connectivity index (χ3v) is 2.36. The molecule has 8 heteroatoms. The summed E-state index contributed by atoms with van der Waals surface area (Å²) in [4.78, 5) is 23.2. The molecule has 19 heavy (non-hydrogen) atoms. The largest absolute Gasteiger partial charge is 0.470 e. The van der Waals surface area contributed by atoms with Crippen LogP contribution in [0.1, 0.15) is 16.8 Å². The smallest absolute Gasteiger partial charge is 0.426 e. The van der Waals surface area contributed by atoms with Crippen LogP contribution in [-0.4, -0.2) is 34.9 Å². The van der Waals surface area contributed by atoms with E-state index in [0.717, 1.165) is 0 Å². The van der Waals surface area contributed by atoms with Crippen LogP contribution in [0.4, 0.5) is 13.2 Å². The molecule has 1 unspecified atom stereocenters. The summed E-state index contributed by atoms with van der Waals surface area (Å²) in [5.74, 6) is -4.76. The fourth-order valence-corrected chi connectivity index (χ4v) is 1.54. The summed E-state index contributed by atoms with van der Waals surface area (Å²) in [5, 5.41) is 17.9. The van der Waals surface area contributed by atoms with E-state index in [1.54, 1.807) is 6.07 Å². The van der Waals surface area contributed by atoms with Crippen LogP contribution in [0.5, 0.6) is 0 Å². The Hall–Kier alpha value is -1.67. The number of Topliss-reactive ketones (excluding diaryl/α,β-unsaturated/α-hetero) is 2. The Bertz CT molecular complexity index is 459. The van der Waals surface area contributed by atoms with Crippen molar-refractivity contribution in [1.82, 2.24) is 0 Å². The molecular formula is C11H10BF3O4. The molecule has 0 saturated carbocycles. The van der Waals surface area contributed by atoms with Crippen molar-refractivity contribution in [2.45, 2.75) is 18.4 Å². The Labute approximate surface area is 107 Å². The van der Waals surface area contributed by atoms with E-state index in [0.29, 0.717) is 0 Å². The second-order valence-corrected chi connectivity index (χ2v) is 3.88. The van der Waals surface area contributed by atoms with Crippen LogP contribution in [0, 0.1) is 0 Å². The monoisotopic (exact) mass is 274 g/mol. The van der Waals surface area contributed by atoms with Gasteiger partial charge in [-0.3, -0.25) is 9.59 Å². The van der Waals surface area contributed by atoms with E-state index < -0.39 is 37.1 Å². The minimum Gasteiger partial charge on any atom is -0.426 e. The van der Waals surface area contributed by atoms with Gasteiger partial charge in [-0.2, -0.15) is 13.2 Å². The van der Waals surface area contributed by atoms with E-state index in [2.05, 4.69) is 0 Å². The first kappa shape index (κ1) is 15.4. The van der Waals surface area contributed by atoms with Gasteiger partial charge in [-0.15, -0.1) is 0 Å². The molecule has 1 atom stereocenters. The zero-order valence-electron chi connectivity index (χ0n) is 9.59. The summed E-state index contributed by atoms with van der Waals surface area (Å²) < 4.78 is 36.3. The Kier molecular flexibility index (Phi) is 4.85. The highest BCUT2D eigenvalue weighted by molar-refractivity contribution is 6.57. The van der Waals surface area contributed by atoms with Gasteiger partial charge in [-0.05, 0) is 0 Å². The third kappa shape index (κ3) is 4.49. The van der Waals surface area contributed by atoms with Crippen LogP contribution in [0.25, 0.3) is 0 Å². The van der Waals surface area contributed by atoms with Crippen molar-refractivity contribution in [2.24, 2.45) is 0 Å². The highest BCUT2D eigenvalue weighted by Crippen LogP contribution is 2.26. The van der Waals surface area contributed by atoms with Crippen molar-refractivity contribution in [3.05, 3.63) is 35.9 Å². The van der Waals surface area contributed by atoms with E-state index in [1.807, 2.05) is 0 Å². The summed E-state index contributed by atoms with van der Waals surface area (Å²) in [6, 6.07) is 7.01. The van der Waals surface area contributed by atoms with Gasteiger partial charge in [0.1, 0.15) is 12.2 Å². The topological polar surface area (TPSA) is 74.6 Å². The van der Waals surface area contributed by atoms with Gasteiger partial charge >= 0.3 is 13.3 Å². The lowest BCUT2D eigenvalue weighted by Gasteiger charge is -2.14. The second kappa shape index (κ2) is 5.98. The number of ketones is 2. The molecule has 1 aromatic carbocycles. The Morgan fingerprint density at radius 3 is 2.11 bits per heavy atom. The third-order valence-electron chi connectivity index (χ3n) is 2.36. The van der Waals surface area contributed by atoms with Crippen molar-refractivity contribution < 1.29 is 32.8 Å². The minimum atomic E-state index is -4.80. The number of benzene rings is 1. The lowest BCUT2D eigenvalue weighted by molar-refractivity contribution is -0.151. The van der Waals surface area contributed by atoms with Crippen molar-refractivity contribution >= 4 is 18.7 Å². The zero-order chi connectivity index (χ0) is 14.6. The van der Waals surface area contributed by atoms with Gasteiger partial charge < -0.3 is 10.0 Å². The normalized spacial score (nSPS) is 12.9. The van der Waals surface area contributed by atoms with Gasteiger partial charge in [0.25, 0.3) is 0 Å². The first-order valence-electron chi connectivity index (χ1n) is 5.27. The van der Waals surface area contributed by atoms with E-state index in [1.165, 1.54) is 24.3 Å². The molecule has 0 aromatic heterocycles. The van der Waals surface area contributed by atoms with Crippen molar-refractivity contribution in [3.63, 3.8) is 0 Å². The summed E-state index contributed by atoms with van der Waals surface area (Å²) in [6.45, 7) is 0. The molecule has 1 aromatic rings. The van der Waals surface area contributed by atoms with Crippen LogP contribution in [0.15, 0.2) is 30.3 Å². The SMILES string of the molecule is O=C(CC(F)(F)F)C(B(O)O)C(=O)c1ccccc1. The lowest BCUT2D eigenvalue weighted by atomic mass is 9.66. The Morgan fingerprint density at radius 2 is 1.68 bits per heavy atom. The van der Waals surface area contributed by atoms with Crippen LogP contribution < -0.4 is 0 Å². The quantitative estimate of drug-likeness (QED) is 0.481. The minimum absolute atomic E-state index is 0.0591. The molecule has 2 N–H and O–H groups in total. The van der Waals surface area contributed by atoms with Crippen molar-refractivity contribution in [2.75, 3.05) is 0 Å². The van der Waals surface area contributed by atoms with Crippen molar-refractivity contribution in [1.29, 1.82) is 0 Å². The molecule has 102 valence electrons. The number of carbonyl (C=O) groups excluding carboxylic acids is 2. The van der Waals surface area contributed by atoms with Gasteiger partial charge in [0.2, 0.25) is 0 Å². The van der Waals surface area contributed by atoms with Gasteiger partial charge in [0, 0.05) is 5.56 Å². The first-order valence-corrected chi connectivity index (χ1v) is 5.27. The molecule has 0 aliphatic rings. The summed E-state index contributed by atoms with van der Waals surface area (Å²) in [6.07, 6.45) is -6.69. The number of hydrogen-bond acceptors (Lipinski definition) is 4. The predicted octanol–water partition coefficient (Wildman–Crippen LogP) is 1.23. The molecule has 4 nitrogen and oxygen atoms in total. The van der Waals surface area contributed by atoms with Gasteiger partial charge in [-0.1, -0.05) is 30.3 Å². The molecule has 1 rings (SSSR count). The first-order chi connectivity index (χ1) is 8.72. The van der Waals surface area contributed by atoms with E-state index in [9.17, 15) is 22.8 Å². The predicted molar refractivity (Wildman–Crippen MR) is 60.4 cm³/mol. The van der Waals surface area contributed by atoms with Crippen LogP contribution in [-0.2, 0) is 4.79 Å². The Balaban J connectivity index is 2.96. The number of halogens is 3. The maximum Gasteiger partial charge on any atom is 0.470 e. The van der Waals surface area contributed by atoms with Crippen LogP contribution in [0.2, 0.25) is 5.82 Å². The highest BCUT2D eigenvalue weighted by atomic mass is 19.4. The van der Waals surface area contributed by atoms with Gasteiger partial charge in [-0.25, -0.2) is 0 Å². The fourth-order valence-electron chi connectivity index (χ4n) is 1.54. The molecule has 0 fully saturated rings. The molecule has 0 radical (unpaired) electrons. The van der Waals surface area contributed by atoms with Gasteiger partial charge in [0.15, 0.2) is 11.6 Å². The second-order valence-electron chi connectivity index (χ2n) is 3.88. The van der Waals surface area contributed by atoms with Crippen molar-refractivity contribution in [3.8, 4) is 0 Å². The standard InChI is InChI=1S/C11H10BF3O4/c13-11(14,15)6-8(16)9(12(18)19)10(17)7-4-2-1-3-5-7/h1-5,9,18-19H,6H2. The van der Waals surface area contributed by atoms with Gasteiger partial charge in [0.05, 0.1) is 0 Å². The molecule has 0 bridgehead atoms. The van der Waals surface area contributed by atoms with Crippen LogP contribution >= 0.6 is 0 Å². The summed E-state index contributed by atoms with van der Waals surface area (Å²) in [7, 11) is -2.47. The Morgan fingerprint density at radius 1 is 1.16 bits per heavy atom. The number of alkyl halides is 3. The fraction of sp³-hybridized carbons (Fsp3) is 0.273. The maximum atomic E-state index is 12.1. The van der Waals surface area contributed by atoms with E-state index >= 15 is 0 Å². The average Bonchev–Trinajstić information content (AvgIpc) is 2.27. The van der Waals surface area contributed by atoms with E-state index in [4.69, 9.17) is 10.0 Å².